The van der Waals surface area contributed by atoms with Crippen LogP contribution in [0.1, 0.15) is 32.1 Å². The Balaban J connectivity index is 3.22. The summed E-state index contributed by atoms with van der Waals surface area (Å²) in [5.41, 5.74) is 0. The molecule has 0 saturated heterocycles. The Morgan fingerprint density at radius 1 is 1.38 bits per heavy atom. The molecule has 0 N–H and O–H groups in total. The lowest BCUT2D eigenvalue weighted by molar-refractivity contribution is -0.133. The highest BCUT2D eigenvalue weighted by Crippen LogP contribution is 2.08. The fourth-order valence-electron chi connectivity index (χ4n) is 1.15. The number of ether oxygens (including phenoxy) is 2. The number of hydrogen-bond acceptors (Lipinski definition) is 3. The van der Waals surface area contributed by atoms with Gasteiger partial charge in [0.25, 0.3) is 6.47 Å². The molecule has 1 atom stereocenters. The minimum Gasteiger partial charge on any atom is -0.465 e. The summed E-state index contributed by atoms with van der Waals surface area (Å²) in [5, 5.41) is 0. The summed E-state index contributed by atoms with van der Waals surface area (Å²) >= 11 is 0. The van der Waals surface area contributed by atoms with Crippen LogP contribution in [-0.4, -0.2) is 26.3 Å². The largest absolute Gasteiger partial charge is 0.465 e. The van der Waals surface area contributed by atoms with Gasteiger partial charge in [0.15, 0.2) is 0 Å². The van der Waals surface area contributed by atoms with Crippen molar-refractivity contribution in [3.8, 4) is 0 Å². The molecule has 3 nitrogen and oxygen atoms in total. The van der Waals surface area contributed by atoms with Crippen molar-refractivity contribution in [1.82, 2.24) is 0 Å². The number of methoxy groups -OCH3 is 1. The van der Waals surface area contributed by atoms with Crippen molar-refractivity contribution in [3.05, 3.63) is 6.92 Å². The first kappa shape index (κ1) is 12.4. The predicted molar refractivity (Wildman–Crippen MR) is 51.3 cm³/mol. The summed E-state index contributed by atoms with van der Waals surface area (Å²) in [6, 6.07) is 0. The van der Waals surface area contributed by atoms with Gasteiger partial charge in [-0.15, -0.1) is 0 Å². The van der Waals surface area contributed by atoms with Crippen LogP contribution in [-0.2, 0) is 14.3 Å². The number of carbonyl (C=O) groups is 1. The van der Waals surface area contributed by atoms with Crippen LogP contribution in [0.25, 0.3) is 0 Å². The zero-order valence-electron chi connectivity index (χ0n) is 8.33. The molecule has 0 aromatic carbocycles. The van der Waals surface area contributed by atoms with E-state index in [0.717, 1.165) is 32.3 Å². The van der Waals surface area contributed by atoms with Crippen LogP contribution in [0.3, 0.4) is 0 Å². The van der Waals surface area contributed by atoms with Crippen LogP contribution < -0.4 is 0 Å². The van der Waals surface area contributed by atoms with Crippen molar-refractivity contribution in [1.29, 1.82) is 0 Å². The van der Waals surface area contributed by atoms with Gasteiger partial charge in [0.1, 0.15) is 6.10 Å². The van der Waals surface area contributed by atoms with Crippen LogP contribution in [0.15, 0.2) is 0 Å². The fraction of sp³-hybridized carbons (Fsp3) is 0.800. The molecule has 0 amide bonds. The van der Waals surface area contributed by atoms with E-state index in [1.165, 1.54) is 0 Å². The second-order valence-corrected chi connectivity index (χ2v) is 2.99. The fourth-order valence-corrected chi connectivity index (χ4v) is 1.15. The lowest BCUT2D eigenvalue weighted by atomic mass is 10.1. The topological polar surface area (TPSA) is 35.5 Å². The maximum absolute atomic E-state index is 10.0. The Morgan fingerprint density at radius 3 is 2.69 bits per heavy atom. The molecule has 13 heavy (non-hydrogen) atoms. The van der Waals surface area contributed by atoms with Gasteiger partial charge >= 0.3 is 0 Å². The molecule has 0 aromatic rings. The Labute approximate surface area is 80.4 Å². The molecule has 0 rings (SSSR count). The molecule has 0 fully saturated rings. The molecular weight excluding hydrogens is 168 g/mol. The molecule has 77 valence electrons. The first-order valence-electron chi connectivity index (χ1n) is 4.72. The van der Waals surface area contributed by atoms with Crippen molar-refractivity contribution in [2.45, 2.75) is 38.2 Å². The third kappa shape index (κ3) is 7.78. The van der Waals surface area contributed by atoms with Crippen molar-refractivity contribution in [2.24, 2.45) is 0 Å². The Kier molecular flexibility index (Phi) is 9.10. The highest BCUT2D eigenvalue weighted by atomic mass is 16.5. The molecule has 0 aliphatic carbocycles. The summed E-state index contributed by atoms with van der Waals surface area (Å²) in [7, 11) is 1.70. The van der Waals surface area contributed by atoms with Gasteiger partial charge in [-0.05, 0) is 32.6 Å². The minimum atomic E-state index is 0.0000416. The molecule has 1 radical (unpaired) electrons. The van der Waals surface area contributed by atoms with Gasteiger partial charge in [-0.3, -0.25) is 4.79 Å². The molecule has 0 aliphatic heterocycles. The van der Waals surface area contributed by atoms with E-state index in [1.54, 1.807) is 7.11 Å². The zero-order valence-corrected chi connectivity index (χ0v) is 8.33. The highest BCUT2D eigenvalue weighted by molar-refractivity contribution is 5.37. The quantitative estimate of drug-likeness (QED) is 0.409. The predicted octanol–water partition coefficient (Wildman–Crippen LogP) is 1.96. The smallest absolute Gasteiger partial charge is 0.293 e. The number of unbranched alkanes of at least 4 members (excludes halogenated alkanes) is 2. The van der Waals surface area contributed by atoms with E-state index in [0.29, 0.717) is 12.9 Å². The molecule has 0 aliphatic rings. The van der Waals surface area contributed by atoms with Gasteiger partial charge in [0, 0.05) is 13.7 Å². The Bertz CT molecular complexity index is 115. The maximum Gasteiger partial charge on any atom is 0.293 e. The third-order valence-electron chi connectivity index (χ3n) is 1.94. The van der Waals surface area contributed by atoms with Gasteiger partial charge in [0.05, 0.1) is 0 Å². The molecule has 1 unspecified atom stereocenters. The van der Waals surface area contributed by atoms with Crippen LogP contribution in [0.5, 0.6) is 0 Å². The molecular formula is C10H19O3. The molecule has 0 heterocycles. The van der Waals surface area contributed by atoms with Crippen LogP contribution >= 0.6 is 0 Å². The van der Waals surface area contributed by atoms with Crippen LogP contribution in [0.4, 0.5) is 0 Å². The maximum atomic E-state index is 10.0. The molecule has 0 aromatic heterocycles. The average molecular weight is 187 g/mol. The lowest BCUT2D eigenvalue weighted by Gasteiger charge is -2.11. The van der Waals surface area contributed by atoms with E-state index >= 15 is 0 Å². The van der Waals surface area contributed by atoms with Gasteiger partial charge < -0.3 is 9.47 Å². The van der Waals surface area contributed by atoms with Gasteiger partial charge in [-0.2, -0.15) is 0 Å². The van der Waals surface area contributed by atoms with Crippen molar-refractivity contribution in [2.75, 3.05) is 13.7 Å². The summed E-state index contributed by atoms with van der Waals surface area (Å²) < 4.78 is 9.75. The second-order valence-electron chi connectivity index (χ2n) is 2.99. The van der Waals surface area contributed by atoms with E-state index in [-0.39, 0.29) is 6.10 Å². The lowest BCUT2D eigenvalue weighted by Crippen LogP contribution is -2.10. The van der Waals surface area contributed by atoms with Crippen LogP contribution in [0, 0.1) is 6.92 Å². The number of rotatable bonds is 9. The Hall–Kier alpha value is -0.570. The standard InChI is InChI=1S/C10H19O3/c1-3-10(13-9-11)7-5-4-6-8-12-2/h9-10H,1,3-8H2,2H3. The average Bonchev–Trinajstić information content (AvgIpc) is 2.16. The van der Waals surface area contributed by atoms with E-state index in [9.17, 15) is 4.79 Å². The zero-order chi connectivity index (χ0) is 9.94. The normalized spacial score (nSPS) is 12.5. The van der Waals surface area contributed by atoms with E-state index in [4.69, 9.17) is 9.47 Å². The first-order chi connectivity index (χ1) is 6.35. The Morgan fingerprint density at radius 2 is 2.15 bits per heavy atom. The number of hydrogen-bond donors (Lipinski definition) is 0. The SMILES string of the molecule is [CH2]CC(CCCCCOC)OC=O. The summed E-state index contributed by atoms with van der Waals surface area (Å²) in [6.07, 6.45) is 4.82. The van der Waals surface area contributed by atoms with Gasteiger partial charge in [-0.25, -0.2) is 0 Å². The highest BCUT2D eigenvalue weighted by Gasteiger charge is 2.04. The summed E-state index contributed by atoms with van der Waals surface area (Å²) in [6.45, 7) is 5.03. The molecule has 0 bridgehead atoms. The van der Waals surface area contributed by atoms with E-state index < -0.39 is 0 Å². The summed E-state index contributed by atoms with van der Waals surface area (Å²) in [4.78, 5) is 10.0. The second kappa shape index (κ2) is 9.52. The van der Waals surface area contributed by atoms with E-state index in [1.807, 2.05) is 0 Å². The number of carbonyl (C=O) groups excluding carboxylic acids is 1. The van der Waals surface area contributed by atoms with E-state index in [2.05, 4.69) is 6.92 Å². The monoisotopic (exact) mass is 187 g/mol. The molecule has 3 heteroatoms. The van der Waals surface area contributed by atoms with Crippen LogP contribution in [0.2, 0.25) is 0 Å². The van der Waals surface area contributed by atoms with Crippen molar-refractivity contribution >= 4 is 6.47 Å². The third-order valence-corrected chi connectivity index (χ3v) is 1.94. The van der Waals surface area contributed by atoms with Crippen molar-refractivity contribution in [3.63, 3.8) is 0 Å². The molecule has 0 saturated carbocycles. The molecule has 0 spiro atoms. The minimum absolute atomic E-state index is 0.0000416. The van der Waals surface area contributed by atoms with Gasteiger partial charge in [-0.1, -0.05) is 6.42 Å². The first-order valence-corrected chi connectivity index (χ1v) is 4.72. The summed E-state index contributed by atoms with van der Waals surface area (Å²) in [5.74, 6) is 0. The van der Waals surface area contributed by atoms with Crippen molar-refractivity contribution < 1.29 is 14.3 Å². The van der Waals surface area contributed by atoms with Gasteiger partial charge in [0.2, 0.25) is 0 Å².